The van der Waals surface area contributed by atoms with Gasteiger partial charge in [-0.1, -0.05) is 12.1 Å². The van der Waals surface area contributed by atoms with Crippen LogP contribution >= 0.6 is 0 Å². The minimum absolute atomic E-state index is 0.00579. The first kappa shape index (κ1) is 19.0. The molecule has 1 heterocycles. The Labute approximate surface area is 152 Å². The second-order valence-electron chi connectivity index (χ2n) is 6.37. The Morgan fingerprint density at radius 3 is 2.30 bits per heavy atom. The van der Waals surface area contributed by atoms with E-state index >= 15 is 0 Å². The summed E-state index contributed by atoms with van der Waals surface area (Å²) in [4.78, 5) is 12.2. The fourth-order valence-corrected chi connectivity index (χ4v) is 3.19. The minimum Gasteiger partial charge on any atom is -0.406 e. The lowest BCUT2D eigenvalue weighted by atomic mass is 9.84. The summed E-state index contributed by atoms with van der Waals surface area (Å²) in [5.41, 5.74) is -0.111. The lowest BCUT2D eigenvalue weighted by Gasteiger charge is -2.39. The summed E-state index contributed by atoms with van der Waals surface area (Å²) in [5.74, 6) is -0.369. The number of ether oxygens (including phenoxy) is 1. The molecule has 0 spiro atoms. The van der Waals surface area contributed by atoms with E-state index < -0.39 is 16.9 Å². The summed E-state index contributed by atoms with van der Waals surface area (Å²) in [5, 5.41) is 21.6. The first-order chi connectivity index (χ1) is 12.7. The number of rotatable bonds is 4. The zero-order valence-corrected chi connectivity index (χ0v) is 14.1. The zero-order valence-electron chi connectivity index (χ0n) is 14.1. The van der Waals surface area contributed by atoms with E-state index in [-0.39, 0.29) is 11.4 Å². The largest absolute Gasteiger partial charge is 0.573 e. The topological polar surface area (TPSA) is 75.8 Å². The van der Waals surface area contributed by atoms with Crippen molar-refractivity contribution in [3.8, 4) is 5.75 Å². The highest BCUT2D eigenvalue weighted by Gasteiger charge is 2.36. The molecule has 27 heavy (non-hydrogen) atoms. The molecule has 1 aliphatic heterocycles. The molecule has 1 saturated heterocycles. The highest BCUT2D eigenvalue weighted by Crippen LogP contribution is 2.36. The Kier molecular flexibility index (Phi) is 4.97. The Morgan fingerprint density at radius 2 is 1.74 bits per heavy atom. The monoisotopic (exact) mass is 382 g/mol. The van der Waals surface area contributed by atoms with Crippen LogP contribution in [-0.4, -0.2) is 29.5 Å². The van der Waals surface area contributed by atoms with Crippen molar-refractivity contribution in [3.63, 3.8) is 0 Å². The fourth-order valence-electron chi connectivity index (χ4n) is 3.19. The van der Waals surface area contributed by atoms with Crippen LogP contribution in [0.15, 0.2) is 48.5 Å². The molecule has 2 aromatic carbocycles. The van der Waals surface area contributed by atoms with Crippen LogP contribution in [-0.2, 0) is 5.60 Å². The number of nitro benzene ring substituents is 1. The first-order valence-corrected chi connectivity index (χ1v) is 8.24. The second kappa shape index (κ2) is 7.07. The van der Waals surface area contributed by atoms with Crippen LogP contribution in [0.25, 0.3) is 0 Å². The van der Waals surface area contributed by atoms with Crippen molar-refractivity contribution in [2.75, 3.05) is 18.0 Å². The van der Waals surface area contributed by atoms with Crippen LogP contribution in [0.5, 0.6) is 5.75 Å². The van der Waals surface area contributed by atoms with E-state index in [0.29, 0.717) is 31.5 Å². The van der Waals surface area contributed by atoms with Gasteiger partial charge in [-0.3, -0.25) is 10.1 Å². The third kappa shape index (κ3) is 4.48. The van der Waals surface area contributed by atoms with Gasteiger partial charge in [0, 0.05) is 30.9 Å². The molecule has 0 unspecified atom stereocenters. The SMILES string of the molecule is O=[N+]([O-])c1ccc(N2CCC(O)(c3cccc(OC(F)(F)F)c3)CC2)cc1. The lowest BCUT2D eigenvalue weighted by Crippen LogP contribution is -2.42. The van der Waals surface area contributed by atoms with Gasteiger partial charge in [0.25, 0.3) is 5.69 Å². The van der Waals surface area contributed by atoms with Gasteiger partial charge in [-0.05, 0) is 42.7 Å². The molecule has 0 aliphatic carbocycles. The Hall–Kier alpha value is -2.81. The number of halogens is 3. The third-order valence-electron chi connectivity index (χ3n) is 4.62. The molecule has 0 radical (unpaired) electrons. The molecule has 1 aliphatic rings. The number of non-ortho nitro benzene ring substituents is 1. The predicted octanol–water partition coefficient (Wildman–Crippen LogP) is 3.98. The molecule has 2 aromatic rings. The number of nitrogens with zero attached hydrogens (tertiary/aromatic N) is 2. The molecule has 0 saturated carbocycles. The maximum absolute atomic E-state index is 12.4. The number of benzene rings is 2. The predicted molar refractivity (Wildman–Crippen MR) is 91.6 cm³/mol. The molecule has 6 nitrogen and oxygen atoms in total. The highest BCUT2D eigenvalue weighted by molar-refractivity contribution is 5.51. The lowest BCUT2D eigenvalue weighted by molar-refractivity contribution is -0.384. The van der Waals surface area contributed by atoms with Gasteiger partial charge in [0.1, 0.15) is 5.75 Å². The molecule has 1 N–H and O–H groups in total. The first-order valence-electron chi connectivity index (χ1n) is 8.24. The van der Waals surface area contributed by atoms with Crippen LogP contribution in [0.2, 0.25) is 0 Å². The third-order valence-corrected chi connectivity index (χ3v) is 4.62. The van der Waals surface area contributed by atoms with E-state index in [1.54, 1.807) is 18.2 Å². The number of aliphatic hydroxyl groups is 1. The quantitative estimate of drug-likeness (QED) is 0.639. The maximum atomic E-state index is 12.4. The van der Waals surface area contributed by atoms with Crippen molar-refractivity contribution in [3.05, 3.63) is 64.2 Å². The summed E-state index contributed by atoms with van der Waals surface area (Å²) in [6.07, 6.45) is -4.18. The van der Waals surface area contributed by atoms with E-state index in [9.17, 15) is 28.4 Å². The molecule has 0 atom stereocenters. The summed E-state index contributed by atoms with van der Waals surface area (Å²) >= 11 is 0. The summed E-state index contributed by atoms with van der Waals surface area (Å²) in [6.45, 7) is 0.914. The molecule has 1 fully saturated rings. The summed E-state index contributed by atoms with van der Waals surface area (Å²) < 4.78 is 41.1. The molecule has 9 heteroatoms. The van der Waals surface area contributed by atoms with Crippen molar-refractivity contribution < 1.29 is 27.9 Å². The van der Waals surface area contributed by atoms with Crippen molar-refractivity contribution in [1.82, 2.24) is 0 Å². The number of anilines is 1. The van der Waals surface area contributed by atoms with Gasteiger partial charge >= 0.3 is 6.36 Å². The van der Waals surface area contributed by atoms with Gasteiger partial charge in [0.15, 0.2) is 0 Å². The van der Waals surface area contributed by atoms with E-state index in [1.807, 2.05) is 4.90 Å². The van der Waals surface area contributed by atoms with E-state index in [1.165, 1.54) is 30.3 Å². The van der Waals surface area contributed by atoms with Gasteiger partial charge in [0.2, 0.25) is 0 Å². The van der Waals surface area contributed by atoms with Gasteiger partial charge in [-0.2, -0.15) is 0 Å². The molecule has 0 aromatic heterocycles. The minimum atomic E-state index is -4.79. The van der Waals surface area contributed by atoms with E-state index in [0.717, 1.165) is 5.69 Å². The second-order valence-corrected chi connectivity index (χ2v) is 6.37. The standard InChI is InChI=1S/C18H17F3N2O4/c19-18(20,21)27-16-3-1-2-13(12-16)17(24)8-10-22(11-9-17)14-4-6-15(7-5-14)23(25)26/h1-7,12,24H,8-11H2. The van der Waals surface area contributed by atoms with Crippen molar-refractivity contribution in [2.45, 2.75) is 24.8 Å². The van der Waals surface area contributed by atoms with Crippen LogP contribution in [0, 0.1) is 10.1 Å². The molecule has 144 valence electrons. The fraction of sp³-hybridized carbons (Fsp3) is 0.333. The number of nitro groups is 1. The van der Waals surface area contributed by atoms with Crippen LogP contribution in [0.4, 0.5) is 24.5 Å². The van der Waals surface area contributed by atoms with Gasteiger partial charge in [-0.15, -0.1) is 13.2 Å². The summed E-state index contributed by atoms with van der Waals surface area (Å²) in [7, 11) is 0. The average Bonchev–Trinajstić information content (AvgIpc) is 2.61. The Morgan fingerprint density at radius 1 is 1.11 bits per heavy atom. The molecule has 0 amide bonds. The molecular weight excluding hydrogens is 365 g/mol. The van der Waals surface area contributed by atoms with Crippen molar-refractivity contribution in [2.24, 2.45) is 0 Å². The molecule has 0 bridgehead atoms. The van der Waals surface area contributed by atoms with E-state index in [2.05, 4.69) is 4.74 Å². The van der Waals surface area contributed by atoms with Gasteiger partial charge in [-0.25, -0.2) is 0 Å². The van der Waals surface area contributed by atoms with Crippen molar-refractivity contribution >= 4 is 11.4 Å². The van der Waals surface area contributed by atoms with Crippen LogP contribution in [0.1, 0.15) is 18.4 Å². The molecular formula is C18H17F3N2O4. The van der Waals surface area contributed by atoms with Gasteiger partial charge in [0.05, 0.1) is 10.5 Å². The zero-order chi connectivity index (χ0) is 19.7. The number of hydrogen-bond donors (Lipinski definition) is 1. The van der Waals surface area contributed by atoms with Gasteiger partial charge < -0.3 is 14.7 Å². The van der Waals surface area contributed by atoms with Crippen molar-refractivity contribution in [1.29, 1.82) is 0 Å². The van der Waals surface area contributed by atoms with Crippen LogP contribution in [0.3, 0.4) is 0 Å². The number of piperidine rings is 1. The van der Waals surface area contributed by atoms with Crippen LogP contribution < -0.4 is 9.64 Å². The average molecular weight is 382 g/mol. The number of hydrogen-bond acceptors (Lipinski definition) is 5. The highest BCUT2D eigenvalue weighted by atomic mass is 19.4. The Balaban J connectivity index is 1.70. The van der Waals surface area contributed by atoms with E-state index in [4.69, 9.17) is 0 Å². The normalized spacial score (nSPS) is 16.8. The smallest absolute Gasteiger partial charge is 0.406 e. The number of alkyl halides is 3. The summed E-state index contributed by atoms with van der Waals surface area (Å²) in [6, 6.07) is 11.5. The Bertz CT molecular complexity index is 816. The maximum Gasteiger partial charge on any atom is 0.573 e. The molecule has 3 rings (SSSR count).